The molecule has 30 heavy (non-hydrogen) atoms. The van der Waals surface area contributed by atoms with Gasteiger partial charge in [0, 0.05) is 11.6 Å². The minimum Gasteiger partial charge on any atom is -0.466 e. The van der Waals surface area contributed by atoms with Crippen LogP contribution in [0.25, 0.3) is 48.7 Å². The van der Waals surface area contributed by atoms with E-state index in [0.29, 0.717) is 5.56 Å². The van der Waals surface area contributed by atoms with Crippen molar-refractivity contribution >= 4 is 60.6 Å². The normalized spacial score (nSPS) is 12.1. The number of carbonyl (C=O) groups excluding carboxylic acids is 2. The van der Waals surface area contributed by atoms with Gasteiger partial charge in [-0.2, -0.15) is 0 Å². The number of hydrogen-bond donors (Lipinski definition) is 0. The molecule has 0 fully saturated rings. The van der Waals surface area contributed by atoms with Crippen LogP contribution >= 0.6 is 0 Å². The molecule has 0 aliphatic heterocycles. The van der Waals surface area contributed by atoms with Gasteiger partial charge < -0.3 is 9.47 Å². The third-order valence-electron chi connectivity index (χ3n) is 5.66. The zero-order valence-electron chi connectivity index (χ0n) is 16.6. The number of ether oxygens (including phenoxy) is 2. The fourth-order valence-electron chi connectivity index (χ4n) is 4.48. The van der Waals surface area contributed by atoms with Gasteiger partial charge in [-0.05, 0) is 43.1 Å². The molecule has 0 saturated carbocycles. The second-order valence-electron chi connectivity index (χ2n) is 7.15. The lowest BCUT2D eigenvalue weighted by atomic mass is 10.00. The van der Waals surface area contributed by atoms with Crippen molar-refractivity contribution < 1.29 is 19.1 Å². The van der Waals surface area contributed by atoms with Crippen LogP contribution in [0.15, 0.2) is 72.8 Å². The minimum atomic E-state index is -0.604. The Hall–Kier alpha value is -3.92. The number of methoxy groups -OCH3 is 2. The van der Waals surface area contributed by atoms with E-state index in [4.69, 9.17) is 9.47 Å². The topological polar surface area (TPSA) is 52.6 Å². The molecule has 0 aromatic heterocycles. The molecule has 0 bridgehead atoms. The van der Waals surface area contributed by atoms with Crippen LogP contribution in [0.5, 0.6) is 0 Å². The van der Waals surface area contributed by atoms with Crippen molar-refractivity contribution in [2.45, 2.75) is 0 Å². The molecule has 0 amide bonds. The maximum Gasteiger partial charge on any atom is 0.338 e. The summed E-state index contributed by atoms with van der Waals surface area (Å²) >= 11 is 0. The molecule has 0 unspecified atom stereocenters. The van der Waals surface area contributed by atoms with Crippen molar-refractivity contribution in [3.05, 3.63) is 78.4 Å². The molecule has 0 aliphatic rings. The standard InChI is InChI=1S/C26H18O4/c1-29-21(27)14-20(26(28)30-2)24-17-11-5-3-4-10-16(17)23-18-12-6-8-15-9-7-13-19(22(15)18)25(23)24/h3-14H,1-2H3/b20-14+. The van der Waals surface area contributed by atoms with Gasteiger partial charge in [-0.15, -0.1) is 0 Å². The summed E-state index contributed by atoms with van der Waals surface area (Å²) in [5.74, 6) is -1.18. The van der Waals surface area contributed by atoms with E-state index in [1.807, 2.05) is 36.4 Å². The maximum absolute atomic E-state index is 12.8. The monoisotopic (exact) mass is 394 g/mol. The SMILES string of the molecule is COC(=O)/C=C(/C(=O)OC)c1c2cccccc2c2c3cccc4cccc(c12)c43. The Morgan fingerprint density at radius 3 is 1.97 bits per heavy atom. The zero-order valence-corrected chi connectivity index (χ0v) is 16.6. The third kappa shape index (κ3) is 2.47. The van der Waals surface area contributed by atoms with Crippen LogP contribution in [0.1, 0.15) is 5.56 Å². The van der Waals surface area contributed by atoms with Crippen molar-refractivity contribution in [1.29, 1.82) is 0 Å². The summed E-state index contributed by atoms with van der Waals surface area (Å²) in [6, 6.07) is 22.3. The van der Waals surface area contributed by atoms with Crippen molar-refractivity contribution in [3.8, 4) is 0 Å². The first-order valence-electron chi connectivity index (χ1n) is 9.61. The number of benzene rings is 2. The molecule has 0 aliphatic carbocycles. The third-order valence-corrected chi connectivity index (χ3v) is 5.66. The molecule has 0 heterocycles. The molecular weight excluding hydrogens is 376 g/mol. The first-order valence-corrected chi connectivity index (χ1v) is 9.61. The second kappa shape index (κ2) is 6.85. The highest BCUT2D eigenvalue weighted by atomic mass is 16.5. The van der Waals surface area contributed by atoms with Gasteiger partial charge in [0.1, 0.15) is 0 Å². The Balaban J connectivity index is 2.08. The Bertz CT molecular complexity index is 1490. The predicted octanol–water partition coefficient (Wildman–Crippen LogP) is 5.47. The predicted molar refractivity (Wildman–Crippen MR) is 120 cm³/mol. The first-order chi connectivity index (χ1) is 14.7. The van der Waals surface area contributed by atoms with E-state index >= 15 is 0 Å². The highest BCUT2D eigenvalue weighted by Gasteiger charge is 2.26. The summed E-state index contributed by atoms with van der Waals surface area (Å²) in [6.07, 6.45) is 1.22. The quantitative estimate of drug-likeness (QED) is 0.301. The molecule has 0 radical (unpaired) electrons. The van der Waals surface area contributed by atoms with Crippen molar-refractivity contribution in [3.63, 3.8) is 0 Å². The van der Waals surface area contributed by atoms with E-state index in [0.717, 1.165) is 43.1 Å². The van der Waals surface area contributed by atoms with Gasteiger partial charge in [-0.25, -0.2) is 9.59 Å². The summed E-state index contributed by atoms with van der Waals surface area (Å²) in [5, 5.41) is 8.39. The van der Waals surface area contributed by atoms with E-state index in [1.54, 1.807) is 0 Å². The fourth-order valence-corrected chi connectivity index (χ4v) is 4.48. The van der Waals surface area contributed by atoms with Gasteiger partial charge in [0.15, 0.2) is 0 Å². The summed E-state index contributed by atoms with van der Waals surface area (Å²) in [6.45, 7) is 0. The van der Waals surface area contributed by atoms with Crippen molar-refractivity contribution in [2.24, 2.45) is 0 Å². The van der Waals surface area contributed by atoms with E-state index in [-0.39, 0.29) is 5.57 Å². The van der Waals surface area contributed by atoms with E-state index in [9.17, 15) is 9.59 Å². The molecule has 5 rings (SSSR count). The molecule has 4 nitrogen and oxygen atoms in total. The Morgan fingerprint density at radius 2 is 1.30 bits per heavy atom. The van der Waals surface area contributed by atoms with Crippen LogP contribution in [-0.4, -0.2) is 26.2 Å². The molecule has 5 aromatic carbocycles. The van der Waals surface area contributed by atoms with Crippen LogP contribution in [0.3, 0.4) is 0 Å². The van der Waals surface area contributed by atoms with E-state index < -0.39 is 11.9 Å². The molecule has 0 N–H and O–H groups in total. The maximum atomic E-state index is 12.8. The second-order valence-corrected chi connectivity index (χ2v) is 7.15. The molecule has 146 valence electrons. The average molecular weight is 394 g/mol. The number of carbonyl (C=O) groups is 2. The number of fused-ring (bicyclic) bond motifs is 5. The molecule has 0 atom stereocenters. The number of hydrogen-bond acceptors (Lipinski definition) is 4. The smallest absolute Gasteiger partial charge is 0.338 e. The Labute approximate surface area is 172 Å². The van der Waals surface area contributed by atoms with Crippen LogP contribution in [0, 0.1) is 0 Å². The van der Waals surface area contributed by atoms with Crippen LogP contribution < -0.4 is 0 Å². The lowest BCUT2D eigenvalue weighted by Gasteiger charge is -2.07. The van der Waals surface area contributed by atoms with Crippen molar-refractivity contribution in [2.75, 3.05) is 14.2 Å². The molecule has 0 saturated heterocycles. The largest absolute Gasteiger partial charge is 0.466 e. The van der Waals surface area contributed by atoms with Gasteiger partial charge in [0.2, 0.25) is 0 Å². The van der Waals surface area contributed by atoms with Gasteiger partial charge in [0.25, 0.3) is 0 Å². The fraction of sp³-hybridized carbons (Fsp3) is 0.0769. The average Bonchev–Trinajstić information content (AvgIpc) is 3.14. The lowest BCUT2D eigenvalue weighted by Crippen LogP contribution is -2.07. The molecule has 4 heteroatoms. The molecule has 5 aromatic rings. The number of rotatable bonds is 3. The Kier molecular flexibility index (Phi) is 4.14. The van der Waals surface area contributed by atoms with Crippen molar-refractivity contribution in [1.82, 2.24) is 0 Å². The summed E-state index contributed by atoms with van der Waals surface area (Å²) in [4.78, 5) is 24.9. The number of esters is 2. The van der Waals surface area contributed by atoms with E-state index in [2.05, 4.69) is 30.3 Å². The zero-order chi connectivity index (χ0) is 20.8. The van der Waals surface area contributed by atoms with Gasteiger partial charge >= 0.3 is 11.9 Å². The summed E-state index contributed by atoms with van der Waals surface area (Å²) in [5.41, 5.74) is 0.878. The van der Waals surface area contributed by atoms with Crippen LogP contribution in [0.2, 0.25) is 0 Å². The first kappa shape index (κ1) is 18.1. The highest BCUT2D eigenvalue weighted by Crippen LogP contribution is 2.47. The Morgan fingerprint density at radius 1 is 0.667 bits per heavy atom. The van der Waals surface area contributed by atoms with Gasteiger partial charge in [0.05, 0.1) is 19.8 Å². The van der Waals surface area contributed by atoms with Crippen LogP contribution in [0.4, 0.5) is 0 Å². The highest BCUT2D eigenvalue weighted by molar-refractivity contribution is 6.43. The van der Waals surface area contributed by atoms with E-state index in [1.165, 1.54) is 20.3 Å². The summed E-state index contributed by atoms with van der Waals surface area (Å²) < 4.78 is 9.87. The van der Waals surface area contributed by atoms with Gasteiger partial charge in [-0.3, -0.25) is 0 Å². The lowest BCUT2D eigenvalue weighted by molar-refractivity contribution is -0.136. The molecule has 0 spiro atoms. The summed E-state index contributed by atoms with van der Waals surface area (Å²) in [7, 11) is 2.60. The van der Waals surface area contributed by atoms with Gasteiger partial charge in [-0.1, -0.05) is 66.7 Å². The molecular formula is C26H18O4. The minimum absolute atomic E-state index is 0.187. The van der Waals surface area contributed by atoms with Crippen LogP contribution in [-0.2, 0) is 19.1 Å².